The molecule has 4 rings (SSSR count). The summed E-state index contributed by atoms with van der Waals surface area (Å²) < 4.78 is 15.9. The molecule has 0 aromatic carbocycles. The molecule has 1 saturated heterocycles. The highest BCUT2D eigenvalue weighted by Gasteiger charge is 2.29. The molecule has 0 N–H and O–H groups in total. The number of furan rings is 1. The van der Waals surface area contributed by atoms with Crippen LogP contribution in [0, 0.1) is 5.92 Å². The third kappa shape index (κ3) is 3.95. The van der Waals surface area contributed by atoms with Gasteiger partial charge in [-0.2, -0.15) is 0 Å². The number of likely N-dealkylation sites (tertiary alicyclic amines) is 1. The molecule has 0 unspecified atom stereocenters. The molecular weight excluding hydrogens is 368 g/mol. The normalized spacial score (nSPS) is 15.0. The van der Waals surface area contributed by atoms with Gasteiger partial charge in [0.05, 0.1) is 17.1 Å². The van der Waals surface area contributed by atoms with Crippen molar-refractivity contribution in [3.63, 3.8) is 0 Å². The van der Waals surface area contributed by atoms with Crippen LogP contribution in [-0.4, -0.2) is 34.8 Å². The largest absolute Gasteiger partial charge is 0.459 e. The van der Waals surface area contributed by atoms with E-state index in [1.807, 2.05) is 17.5 Å². The maximum absolute atomic E-state index is 12.3. The molecule has 8 heteroatoms. The molecule has 3 aromatic rings. The number of piperidine rings is 1. The van der Waals surface area contributed by atoms with Crippen molar-refractivity contribution >= 4 is 23.2 Å². The Morgan fingerprint density at radius 2 is 2.07 bits per heavy atom. The molecule has 140 valence electrons. The highest BCUT2D eigenvalue weighted by Crippen LogP contribution is 2.24. The number of carbonyl (C=O) groups excluding carboxylic acids is 2. The van der Waals surface area contributed by atoms with Crippen molar-refractivity contribution in [2.45, 2.75) is 19.4 Å². The predicted octanol–water partition coefficient (Wildman–Crippen LogP) is 3.59. The second-order valence-corrected chi connectivity index (χ2v) is 7.22. The number of hydrogen-bond donors (Lipinski definition) is 0. The topological polar surface area (TPSA) is 85.8 Å². The standard InChI is InChI=1S/C19H18N2O5S/c22-18(15-3-1-9-24-15)21-7-5-13(6-8-21)19(23)26-12-14-11-25-17(20-14)16-4-2-10-27-16/h1-4,9-11,13H,5-8,12H2. The van der Waals surface area contributed by atoms with E-state index < -0.39 is 0 Å². The van der Waals surface area contributed by atoms with E-state index in [1.54, 1.807) is 17.0 Å². The Kier molecular flexibility index (Phi) is 5.06. The Balaban J connectivity index is 1.26. The SMILES string of the molecule is O=C(OCc1coc(-c2cccs2)n1)C1CCN(C(=O)c2ccco2)CC1. The van der Waals surface area contributed by atoms with Gasteiger partial charge in [-0.15, -0.1) is 11.3 Å². The van der Waals surface area contributed by atoms with Gasteiger partial charge in [0.15, 0.2) is 5.76 Å². The van der Waals surface area contributed by atoms with Gasteiger partial charge in [0.2, 0.25) is 5.89 Å². The number of carbonyl (C=O) groups is 2. The van der Waals surface area contributed by atoms with Crippen molar-refractivity contribution in [3.8, 4) is 10.8 Å². The van der Waals surface area contributed by atoms with Crippen LogP contribution in [0.5, 0.6) is 0 Å². The lowest BCUT2D eigenvalue weighted by molar-refractivity contribution is -0.151. The zero-order chi connectivity index (χ0) is 18.6. The van der Waals surface area contributed by atoms with Crippen LogP contribution < -0.4 is 0 Å². The van der Waals surface area contributed by atoms with Crippen LogP contribution in [0.2, 0.25) is 0 Å². The summed E-state index contributed by atoms with van der Waals surface area (Å²) in [6.07, 6.45) is 4.13. The first kappa shape index (κ1) is 17.5. The van der Waals surface area contributed by atoms with E-state index in [4.69, 9.17) is 13.6 Å². The van der Waals surface area contributed by atoms with E-state index in [0.717, 1.165) is 4.88 Å². The zero-order valence-corrected chi connectivity index (χ0v) is 15.3. The monoisotopic (exact) mass is 386 g/mol. The van der Waals surface area contributed by atoms with Crippen molar-refractivity contribution in [2.24, 2.45) is 5.92 Å². The molecule has 3 aromatic heterocycles. The number of ether oxygens (including phenoxy) is 1. The minimum atomic E-state index is -0.263. The van der Waals surface area contributed by atoms with Crippen molar-refractivity contribution in [3.05, 3.63) is 53.6 Å². The quantitative estimate of drug-likeness (QED) is 0.623. The van der Waals surface area contributed by atoms with Crippen LogP contribution in [0.3, 0.4) is 0 Å². The van der Waals surface area contributed by atoms with Gasteiger partial charge in [-0.05, 0) is 36.4 Å². The Morgan fingerprint density at radius 1 is 1.22 bits per heavy atom. The fourth-order valence-electron chi connectivity index (χ4n) is 3.02. The molecule has 0 saturated carbocycles. The lowest BCUT2D eigenvalue weighted by atomic mass is 9.97. The fourth-order valence-corrected chi connectivity index (χ4v) is 3.68. The number of thiophene rings is 1. The Morgan fingerprint density at radius 3 is 2.78 bits per heavy atom. The third-order valence-corrected chi connectivity index (χ3v) is 5.35. The highest BCUT2D eigenvalue weighted by molar-refractivity contribution is 7.13. The van der Waals surface area contributed by atoms with Gasteiger partial charge in [0.1, 0.15) is 18.6 Å². The highest BCUT2D eigenvalue weighted by atomic mass is 32.1. The van der Waals surface area contributed by atoms with Crippen molar-refractivity contribution in [1.82, 2.24) is 9.88 Å². The second-order valence-electron chi connectivity index (χ2n) is 6.27. The molecule has 0 bridgehead atoms. The summed E-state index contributed by atoms with van der Waals surface area (Å²) in [5.41, 5.74) is 0.581. The van der Waals surface area contributed by atoms with Gasteiger partial charge in [-0.1, -0.05) is 6.07 Å². The molecule has 1 amide bonds. The van der Waals surface area contributed by atoms with Gasteiger partial charge in [0, 0.05) is 13.1 Å². The Labute approximate surface area is 159 Å². The van der Waals surface area contributed by atoms with Gasteiger partial charge in [-0.3, -0.25) is 9.59 Å². The van der Waals surface area contributed by atoms with Gasteiger partial charge in [0.25, 0.3) is 5.91 Å². The summed E-state index contributed by atoms with van der Waals surface area (Å²) >= 11 is 1.54. The minimum absolute atomic E-state index is 0.0826. The zero-order valence-electron chi connectivity index (χ0n) is 14.5. The number of oxazole rings is 1. The molecule has 1 fully saturated rings. The average Bonchev–Trinajstić information content (AvgIpc) is 3.47. The molecule has 7 nitrogen and oxygen atoms in total. The molecule has 0 aliphatic carbocycles. The summed E-state index contributed by atoms with van der Waals surface area (Å²) in [6, 6.07) is 7.17. The molecule has 1 aliphatic rings. The minimum Gasteiger partial charge on any atom is -0.459 e. The Bertz CT molecular complexity index is 893. The number of nitrogens with zero attached hydrogens (tertiary/aromatic N) is 2. The van der Waals surface area contributed by atoms with E-state index >= 15 is 0 Å². The molecular formula is C19H18N2O5S. The molecule has 0 spiro atoms. The number of esters is 1. The maximum Gasteiger partial charge on any atom is 0.309 e. The van der Waals surface area contributed by atoms with Gasteiger partial charge >= 0.3 is 5.97 Å². The summed E-state index contributed by atoms with van der Waals surface area (Å²) in [7, 11) is 0. The summed E-state index contributed by atoms with van der Waals surface area (Å²) in [5, 5.41) is 1.95. The molecule has 4 heterocycles. The summed E-state index contributed by atoms with van der Waals surface area (Å²) in [4.78, 5) is 31.5. The molecule has 1 aliphatic heterocycles. The third-order valence-electron chi connectivity index (χ3n) is 4.49. The van der Waals surface area contributed by atoms with Gasteiger partial charge < -0.3 is 18.5 Å². The van der Waals surface area contributed by atoms with E-state index in [1.165, 1.54) is 23.9 Å². The van der Waals surface area contributed by atoms with Crippen molar-refractivity contribution < 1.29 is 23.2 Å². The first-order valence-corrected chi connectivity index (χ1v) is 9.56. The van der Waals surface area contributed by atoms with Crippen molar-refractivity contribution in [2.75, 3.05) is 13.1 Å². The van der Waals surface area contributed by atoms with E-state index in [0.29, 0.717) is 43.3 Å². The lowest BCUT2D eigenvalue weighted by Crippen LogP contribution is -2.40. The first-order valence-electron chi connectivity index (χ1n) is 8.68. The van der Waals surface area contributed by atoms with Crippen LogP contribution >= 0.6 is 11.3 Å². The number of amides is 1. The predicted molar refractivity (Wildman–Crippen MR) is 96.9 cm³/mol. The van der Waals surface area contributed by atoms with Crippen LogP contribution in [0.15, 0.2) is 51.0 Å². The van der Waals surface area contributed by atoms with E-state index in [2.05, 4.69) is 4.98 Å². The summed E-state index contributed by atoms with van der Waals surface area (Å²) in [5.74, 6) is 0.231. The van der Waals surface area contributed by atoms with Gasteiger partial charge in [-0.25, -0.2) is 4.98 Å². The van der Waals surface area contributed by atoms with Crippen molar-refractivity contribution in [1.29, 1.82) is 0 Å². The number of hydrogen-bond acceptors (Lipinski definition) is 7. The maximum atomic E-state index is 12.3. The molecule has 0 radical (unpaired) electrons. The molecule has 0 atom stereocenters. The second kappa shape index (κ2) is 7.79. The van der Waals surface area contributed by atoms with E-state index in [-0.39, 0.29) is 24.4 Å². The van der Waals surface area contributed by atoms with E-state index in [9.17, 15) is 9.59 Å². The van der Waals surface area contributed by atoms with Crippen LogP contribution in [-0.2, 0) is 16.1 Å². The number of aromatic nitrogens is 1. The first-order chi connectivity index (χ1) is 13.2. The Hall–Kier alpha value is -2.87. The van der Waals surface area contributed by atoms with Crippen LogP contribution in [0.25, 0.3) is 10.8 Å². The average molecular weight is 386 g/mol. The van der Waals surface area contributed by atoms with Crippen LogP contribution in [0.4, 0.5) is 0 Å². The molecule has 27 heavy (non-hydrogen) atoms. The number of rotatable bonds is 5. The fraction of sp³-hybridized carbons (Fsp3) is 0.316. The smallest absolute Gasteiger partial charge is 0.309 e. The lowest BCUT2D eigenvalue weighted by Gasteiger charge is -2.30. The van der Waals surface area contributed by atoms with Crippen LogP contribution in [0.1, 0.15) is 29.1 Å². The summed E-state index contributed by atoms with van der Waals surface area (Å²) in [6.45, 7) is 1.09.